The number of nitrogens with zero attached hydrogens (tertiary/aromatic N) is 7. The van der Waals surface area contributed by atoms with Gasteiger partial charge in [-0.05, 0) is 66.4 Å². The molecule has 52 heavy (non-hydrogen) atoms. The first-order chi connectivity index (χ1) is 25.1. The molecule has 2 saturated carbocycles. The van der Waals surface area contributed by atoms with E-state index in [2.05, 4.69) is 47.7 Å². The molecule has 0 spiro atoms. The maximum Gasteiger partial charge on any atom is 0.229 e. The van der Waals surface area contributed by atoms with Gasteiger partial charge in [-0.2, -0.15) is 0 Å². The fourth-order valence-electron chi connectivity index (χ4n) is 6.97. The van der Waals surface area contributed by atoms with Gasteiger partial charge in [0.05, 0.1) is 35.8 Å². The monoisotopic (exact) mass is 709 g/mol. The zero-order valence-electron chi connectivity index (χ0n) is 27.1. The number of hydrogen-bond acceptors (Lipinski definition) is 9. The van der Waals surface area contributed by atoms with Crippen molar-refractivity contribution in [3.05, 3.63) is 113 Å². The number of fused-ring (bicyclic) bond motifs is 2. The fraction of sp³-hybridized carbons (Fsp3) is 0.222. The maximum absolute atomic E-state index is 13.9. The van der Waals surface area contributed by atoms with E-state index in [4.69, 9.17) is 0 Å². The van der Waals surface area contributed by atoms with Crippen LogP contribution in [0.25, 0.3) is 28.1 Å². The standard InChI is InChI=1S/C36H27F4N9O3/c1-41-35(52)36-14-22(36)30(31(50)32(36)51)48-17-43-29-33(44-28(45-34(29)48)10-6-18-5-8-23(37)25(39)12-18)42-15-19-3-2-4-21(11-19)49-16-27(46-47-49)20-7-9-24(38)26(40)13-20/h2-5,7-9,11-13,16-17,22,30-32,50-51H,14-15H2,1H3,(H,41,52)(H,42,44,45)/t22-,30-,31+,32+,36-/m1/s1. The summed E-state index contributed by atoms with van der Waals surface area (Å²) in [5.74, 6) is 1.03. The maximum atomic E-state index is 13.9. The van der Waals surface area contributed by atoms with Crippen LogP contribution in [-0.4, -0.2) is 69.9 Å². The van der Waals surface area contributed by atoms with Crippen LogP contribution < -0.4 is 10.6 Å². The van der Waals surface area contributed by atoms with E-state index >= 15 is 0 Å². The summed E-state index contributed by atoms with van der Waals surface area (Å²) in [4.78, 5) is 26.5. The first-order valence-electron chi connectivity index (χ1n) is 16.1. The third kappa shape index (κ3) is 5.50. The van der Waals surface area contributed by atoms with E-state index in [1.54, 1.807) is 22.9 Å². The minimum absolute atomic E-state index is 0.00371. The lowest BCUT2D eigenvalue weighted by atomic mass is 9.98. The van der Waals surface area contributed by atoms with Gasteiger partial charge in [0, 0.05) is 30.6 Å². The Labute approximate surface area is 292 Å². The Hall–Kier alpha value is -6.18. The number of aromatic nitrogens is 7. The van der Waals surface area contributed by atoms with Gasteiger partial charge >= 0.3 is 0 Å². The van der Waals surface area contributed by atoms with Crippen molar-refractivity contribution in [1.29, 1.82) is 0 Å². The van der Waals surface area contributed by atoms with E-state index in [9.17, 15) is 32.6 Å². The Balaban J connectivity index is 1.12. The summed E-state index contributed by atoms with van der Waals surface area (Å²) in [6.45, 7) is 0.223. The molecule has 262 valence electrons. The zero-order valence-corrected chi connectivity index (χ0v) is 27.1. The van der Waals surface area contributed by atoms with Gasteiger partial charge in [0.1, 0.15) is 11.8 Å². The Morgan fingerprint density at radius 3 is 2.54 bits per heavy atom. The summed E-state index contributed by atoms with van der Waals surface area (Å²) in [7, 11) is 1.48. The minimum atomic E-state index is -1.31. The first kappa shape index (κ1) is 33.0. The fourth-order valence-corrected chi connectivity index (χ4v) is 6.97. The smallest absolute Gasteiger partial charge is 0.229 e. The molecule has 3 aromatic heterocycles. The third-order valence-corrected chi connectivity index (χ3v) is 9.65. The molecule has 0 aliphatic heterocycles. The number of anilines is 1. The molecule has 0 radical (unpaired) electrons. The second-order valence-electron chi connectivity index (χ2n) is 12.7. The van der Waals surface area contributed by atoms with Gasteiger partial charge in [0.2, 0.25) is 11.7 Å². The second kappa shape index (κ2) is 12.5. The second-order valence-corrected chi connectivity index (χ2v) is 12.7. The van der Waals surface area contributed by atoms with E-state index in [1.807, 2.05) is 12.1 Å². The molecule has 1 amide bonds. The highest BCUT2D eigenvalue weighted by atomic mass is 19.2. The van der Waals surface area contributed by atoms with E-state index < -0.39 is 46.9 Å². The number of aliphatic hydroxyl groups is 2. The summed E-state index contributed by atoms with van der Waals surface area (Å²) < 4.78 is 57.8. The topological polar surface area (TPSA) is 156 Å². The number of hydrogen-bond donors (Lipinski definition) is 4. The van der Waals surface area contributed by atoms with Crippen molar-refractivity contribution in [3.8, 4) is 28.8 Å². The minimum Gasteiger partial charge on any atom is -0.389 e. The van der Waals surface area contributed by atoms with Crippen LogP contribution in [-0.2, 0) is 11.3 Å². The summed E-state index contributed by atoms with van der Waals surface area (Å²) in [6, 6.07) is 13.3. The summed E-state index contributed by atoms with van der Waals surface area (Å²) >= 11 is 0. The molecule has 16 heteroatoms. The lowest BCUT2D eigenvalue weighted by molar-refractivity contribution is -0.132. The molecule has 2 aliphatic rings. The average Bonchev–Trinajstić information content (AvgIpc) is 3.38. The number of benzene rings is 3. The quantitative estimate of drug-likeness (QED) is 0.144. The van der Waals surface area contributed by atoms with E-state index in [1.165, 1.54) is 30.2 Å². The molecule has 2 fully saturated rings. The van der Waals surface area contributed by atoms with Crippen LogP contribution in [0.3, 0.4) is 0 Å². The summed E-state index contributed by atoms with van der Waals surface area (Å²) in [6.07, 6.45) is 0.811. The van der Waals surface area contributed by atoms with Gasteiger partial charge in [-0.1, -0.05) is 23.3 Å². The Bertz CT molecular complexity index is 2460. The Kier molecular flexibility index (Phi) is 7.96. The lowest BCUT2D eigenvalue weighted by Crippen LogP contribution is -2.41. The van der Waals surface area contributed by atoms with Crippen LogP contribution in [0.2, 0.25) is 0 Å². The number of imidazole rings is 1. The molecule has 0 saturated heterocycles. The summed E-state index contributed by atoms with van der Waals surface area (Å²) in [5, 5.41) is 36.2. The number of amides is 1. The number of rotatable bonds is 7. The van der Waals surface area contributed by atoms with Crippen molar-refractivity contribution in [1.82, 2.24) is 39.8 Å². The molecule has 4 N–H and O–H groups in total. The molecule has 12 nitrogen and oxygen atoms in total. The predicted molar refractivity (Wildman–Crippen MR) is 177 cm³/mol. The number of carbonyl (C=O) groups excluding carboxylic acids is 1. The highest BCUT2D eigenvalue weighted by Gasteiger charge is 2.75. The Morgan fingerprint density at radius 2 is 1.77 bits per heavy atom. The molecule has 2 aliphatic carbocycles. The third-order valence-electron chi connectivity index (χ3n) is 9.65. The molecular formula is C36H27F4N9O3. The van der Waals surface area contributed by atoms with E-state index in [-0.39, 0.29) is 41.2 Å². The first-order valence-corrected chi connectivity index (χ1v) is 16.1. The molecule has 5 atom stereocenters. The van der Waals surface area contributed by atoms with E-state index in [0.717, 1.165) is 29.8 Å². The van der Waals surface area contributed by atoms with Crippen molar-refractivity contribution < 1.29 is 32.6 Å². The molecule has 8 rings (SSSR count). The van der Waals surface area contributed by atoms with Crippen LogP contribution in [0.4, 0.5) is 23.4 Å². The van der Waals surface area contributed by atoms with Crippen LogP contribution >= 0.6 is 0 Å². The molecule has 0 bridgehead atoms. The molecule has 6 aromatic rings. The Morgan fingerprint density at radius 1 is 0.981 bits per heavy atom. The zero-order chi connectivity index (χ0) is 36.3. The van der Waals surface area contributed by atoms with Crippen molar-refractivity contribution in [2.75, 3.05) is 12.4 Å². The predicted octanol–water partition coefficient (Wildman–Crippen LogP) is 3.67. The van der Waals surface area contributed by atoms with Gasteiger partial charge in [-0.15, -0.1) is 5.10 Å². The highest BCUT2D eigenvalue weighted by molar-refractivity contribution is 5.88. The number of halogens is 4. The van der Waals surface area contributed by atoms with Crippen LogP contribution in [0.5, 0.6) is 0 Å². The molecular weight excluding hydrogens is 682 g/mol. The average molecular weight is 710 g/mol. The van der Waals surface area contributed by atoms with Crippen LogP contribution in [0.1, 0.15) is 29.4 Å². The van der Waals surface area contributed by atoms with Crippen LogP contribution in [0, 0.1) is 46.4 Å². The van der Waals surface area contributed by atoms with E-state index in [0.29, 0.717) is 28.9 Å². The van der Waals surface area contributed by atoms with Crippen molar-refractivity contribution >= 4 is 22.9 Å². The van der Waals surface area contributed by atoms with Crippen LogP contribution in [0.15, 0.2) is 73.2 Å². The van der Waals surface area contributed by atoms with Crippen molar-refractivity contribution in [2.45, 2.75) is 31.2 Å². The molecule has 3 heterocycles. The normalized spacial score (nSPS) is 21.8. The lowest BCUT2D eigenvalue weighted by Gasteiger charge is -2.23. The molecule has 0 unspecified atom stereocenters. The number of carbonyl (C=O) groups is 1. The molecule has 3 aromatic carbocycles. The van der Waals surface area contributed by atoms with Crippen molar-refractivity contribution in [3.63, 3.8) is 0 Å². The largest absolute Gasteiger partial charge is 0.389 e. The number of nitrogens with one attached hydrogen (secondary N) is 2. The van der Waals surface area contributed by atoms with Gasteiger partial charge in [-0.3, -0.25) is 4.79 Å². The van der Waals surface area contributed by atoms with Gasteiger partial charge < -0.3 is 25.4 Å². The van der Waals surface area contributed by atoms with Gasteiger partial charge in [0.25, 0.3) is 0 Å². The van der Waals surface area contributed by atoms with Crippen molar-refractivity contribution in [2.24, 2.45) is 11.3 Å². The highest BCUT2D eigenvalue weighted by Crippen LogP contribution is 2.67. The number of aliphatic hydroxyl groups excluding tert-OH is 2. The SMILES string of the molecule is CNC(=O)[C@]12C[C@@H]1[C@@H](n1cnc3c(NCc4cccc(-n5cc(-c6ccc(F)c(F)c6)nn5)c4)nc(C#Cc4ccc(F)c(F)c4)nc31)[C@H](O)[C@@H]2O. The summed E-state index contributed by atoms with van der Waals surface area (Å²) in [5.41, 5.74) is 1.76. The van der Waals surface area contributed by atoms with Gasteiger partial charge in [-0.25, -0.2) is 37.2 Å². The van der Waals surface area contributed by atoms with Gasteiger partial charge in [0.15, 0.2) is 40.3 Å².